The normalized spacial score (nSPS) is 10.3. The molecule has 6 heteroatoms. The minimum atomic E-state index is -0.374. The van der Waals surface area contributed by atoms with Crippen LogP contribution in [0.25, 0.3) is 0 Å². The Hall–Kier alpha value is -2.21. The summed E-state index contributed by atoms with van der Waals surface area (Å²) in [6.45, 7) is 0.922. The molecular weight excluding hydrogens is 341 g/mol. The van der Waals surface area contributed by atoms with Gasteiger partial charge in [-0.1, -0.05) is 30.3 Å². The molecule has 25 heavy (non-hydrogen) atoms. The maximum absolute atomic E-state index is 13.4. The maximum Gasteiger partial charge on any atom is 0.230 e. The maximum atomic E-state index is 13.4. The number of methoxy groups -OCH3 is 1. The molecule has 1 N–H and O–H groups in total. The predicted octanol–water partition coefficient (Wildman–Crippen LogP) is 3.31. The zero-order chi connectivity index (χ0) is 17.9. The van der Waals surface area contributed by atoms with Gasteiger partial charge in [-0.3, -0.25) is 4.79 Å². The topological polar surface area (TPSA) is 47.6 Å². The SMILES string of the molecule is COc1ccccc1CCNC(=O)CSCCOc1ccccc1F. The number of halogens is 1. The van der Waals surface area contributed by atoms with E-state index in [9.17, 15) is 9.18 Å². The van der Waals surface area contributed by atoms with Crippen molar-refractivity contribution in [2.75, 3.05) is 31.8 Å². The molecule has 134 valence electrons. The summed E-state index contributed by atoms with van der Waals surface area (Å²) in [5.74, 6) is 1.65. The molecule has 0 fully saturated rings. The van der Waals surface area contributed by atoms with Crippen LogP contribution in [0.2, 0.25) is 0 Å². The van der Waals surface area contributed by atoms with E-state index < -0.39 is 0 Å². The standard InChI is InChI=1S/C19H22FNO3S/c1-23-17-8-4-2-6-15(17)10-11-21-19(22)14-25-13-12-24-18-9-5-3-7-16(18)20/h2-9H,10-14H2,1H3,(H,21,22). The third kappa shape index (κ3) is 6.66. The lowest BCUT2D eigenvalue weighted by molar-refractivity contribution is -0.118. The molecule has 0 saturated carbocycles. The Labute approximate surface area is 151 Å². The predicted molar refractivity (Wildman–Crippen MR) is 98.9 cm³/mol. The highest BCUT2D eigenvalue weighted by molar-refractivity contribution is 7.99. The van der Waals surface area contributed by atoms with Crippen molar-refractivity contribution in [1.82, 2.24) is 5.32 Å². The number of ether oxygens (including phenoxy) is 2. The Bertz CT molecular complexity index is 681. The van der Waals surface area contributed by atoms with Gasteiger partial charge in [0.2, 0.25) is 5.91 Å². The first kappa shape index (κ1) is 19.1. The zero-order valence-electron chi connectivity index (χ0n) is 14.2. The highest BCUT2D eigenvalue weighted by Crippen LogP contribution is 2.17. The monoisotopic (exact) mass is 363 g/mol. The zero-order valence-corrected chi connectivity index (χ0v) is 15.0. The number of carbonyl (C=O) groups is 1. The second-order valence-electron chi connectivity index (χ2n) is 5.24. The minimum absolute atomic E-state index is 0.0224. The molecule has 0 atom stereocenters. The van der Waals surface area contributed by atoms with Crippen molar-refractivity contribution in [3.8, 4) is 11.5 Å². The number of rotatable bonds is 10. The first-order valence-corrected chi connectivity index (χ1v) is 9.20. The van der Waals surface area contributed by atoms with Crippen LogP contribution in [0.4, 0.5) is 4.39 Å². The highest BCUT2D eigenvalue weighted by Gasteiger charge is 2.05. The minimum Gasteiger partial charge on any atom is -0.496 e. The van der Waals surface area contributed by atoms with Gasteiger partial charge in [0.25, 0.3) is 0 Å². The first-order chi connectivity index (χ1) is 12.2. The number of para-hydroxylation sites is 2. The van der Waals surface area contributed by atoms with Gasteiger partial charge in [-0.05, 0) is 30.2 Å². The van der Waals surface area contributed by atoms with Gasteiger partial charge < -0.3 is 14.8 Å². The molecule has 4 nitrogen and oxygen atoms in total. The van der Waals surface area contributed by atoms with Gasteiger partial charge in [-0.15, -0.1) is 11.8 Å². The summed E-state index contributed by atoms with van der Waals surface area (Å²) in [5.41, 5.74) is 1.07. The van der Waals surface area contributed by atoms with Crippen molar-refractivity contribution in [2.45, 2.75) is 6.42 Å². The second kappa shape index (κ2) is 10.6. The number of benzene rings is 2. The fraction of sp³-hybridized carbons (Fsp3) is 0.316. The van der Waals surface area contributed by atoms with E-state index in [2.05, 4.69) is 5.32 Å². The molecule has 0 aromatic heterocycles. The van der Waals surface area contributed by atoms with E-state index in [1.54, 1.807) is 25.3 Å². The molecule has 1 amide bonds. The average molecular weight is 363 g/mol. The van der Waals surface area contributed by atoms with Crippen LogP contribution < -0.4 is 14.8 Å². The Morgan fingerprint density at radius 1 is 1.12 bits per heavy atom. The van der Waals surface area contributed by atoms with E-state index in [1.165, 1.54) is 17.8 Å². The molecule has 2 aromatic rings. The molecule has 0 aliphatic carbocycles. The lowest BCUT2D eigenvalue weighted by Crippen LogP contribution is -2.27. The van der Waals surface area contributed by atoms with Crippen LogP contribution in [0, 0.1) is 5.82 Å². The number of hydrogen-bond acceptors (Lipinski definition) is 4. The Balaban J connectivity index is 1.57. The molecule has 0 aliphatic heterocycles. The Morgan fingerprint density at radius 2 is 1.84 bits per heavy atom. The summed E-state index contributed by atoms with van der Waals surface area (Å²) in [7, 11) is 1.64. The Kier molecular flexibility index (Phi) is 8.12. The van der Waals surface area contributed by atoms with Crippen molar-refractivity contribution in [3.63, 3.8) is 0 Å². The molecule has 0 aliphatic rings. The van der Waals surface area contributed by atoms with Gasteiger partial charge in [0.15, 0.2) is 11.6 Å². The fourth-order valence-corrected chi connectivity index (χ4v) is 2.87. The van der Waals surface area contributed by atoms with E-state index in [0.29, 0.717) is 24.7 Å². The Morgan fingerprint density at radius 3 is 2.60 bits per heavy atom. The molecule has 0 heterocycles. The number of thioether (sulfide) groups is 1. The third-order valence-corrected chi connectivity index (χ3v) is 4.39. The molecule has 2 aromatic carbocycles. The number of nitrogens with one attached hydrogen (secondary N) is 1. The fourth-order valence-electron chi connectivity index (χ4n) is 2.23. The van der Waals surface area contributed by atoms with Crippen LogP contribution in [-0.4, -0.2) is 37.7 Å². The van der Waals surface area contributed by atoms with Crippen molar-refractivity contribution in [2.24, 2.45) is 0 Å². The van der Waals surface area contributed by atoms with Gasteiger partial charge >= 0.3 is 0 Å². The second-order valence-corrected chi connectivity index (χ2v) is 6.35. The van der Waals surface area contributed by atoms with Crippen LogP contribution in [0.5, 0.6) is 11.5 Å². The van der Waals surface area contributed by atoms with Gasteiger partial charge in [0.1, 0.15) is 5.75 Å². The van der Waals surface area contributed by atoms with E-state index in [0.717, 1.165) is 17.7 Å². The lowest BCUT2D eigenvalue weighted by Gasteiger charge is -2.09. The molecule has 0 saturated heterocycles. The van der Waals surface area contributed by atoms with Crippen LogP contribution in [0.3, 0.4) is 0 Å². The van der Waals surface area contributed by atoms with Crippen LogP contribution in [0.1, 0.15) is 5.56 Å². The first-order valence-electron chi connectivity index (χ1n) is 8.04. The van der Waals surface area contributed by atoms with Crippen LogP contribution in [0.15, 0.2) is 48.5 Å². The van der Waals surface area contributed by atoms with E-state index in [-0.39, 0.29) is 17.5 Å². The lowest BCUT2D eigenvalue weighted by atomic mass is 10.1. The van der Waals surface area contributed by atoms with Gasteiger partial charge in [0.05, 0.1) is 19.5 Å². The number of hydrogen-bond donors (Lipinski definition) is 1. The van der Waals surface area contributed by atoms with Gasteiger partial charge in [-0.2, -0.15) is 0 Å². The van der Waals surface area contributed by atoms with Gasteiger partial charge in [-0.25, -0.2) is 4.39 Å². The average Bonchev–Trinajstić information content (AvgIpc) is 2.63. The molecular formula is C19H22FNO3S. The summed E-state index contributed by atoms with van der Waals surface area (Å²) in [6, 6.07) is 14.0. The highest BCUT2D eigenvalue weighted by atomic mass is 32.2. The summed E-state index contributed by atoms with van der Waals surface area (Å²) >= 11 is 1.46. The van der Waals surface area contributed by atoms with E-state index in [4.69, 9.17) is 9.47 Å². The summed E-state index contributed by atoms with van der Waals surface area (Å²) in [4.78, 5) is 11.8. The van der Waals surface area contributed by atoms with Crippen molar-refractivity contribution < 1.29 is 18.7 Å². The van der Waals surface area contributed by atoms with E-state index in [1.807, 2.05) is 24.3 Å². The van der Waals surface area contributed by atoms with Crippen molar-refractivity contribution >= 4 is 17.7 Å². The van der Waals surface area contributed by atoms with Crippen molar-refractivity contribution in [1.29, 1.82) is 0 Å². The quantitative estimate of drug-likeness (QED) is 0.658. The van der Waals surface area contributed by atoms with E-state index >= 15 is 0 Å². The third-order valence-electron chi connectivity index (χ3n) is 3.46. The summed E-state index contributed by atoms with van der Waals surface area (Å²) < 4.78 is 24.0. The largest absolute Gasteiger partial charge is 0.496 e. The van der Waals surface area contributed by atoms with Crippen LogP contribution in [-0.2, 0) is 11.2 Å². The van der Waals surface area contributed by atoms with Gasteiger partial charge in [0, 0.05) is 12.3 Å². The molecule has 0 unspecified atom stereocenters. The molecule has 0 radical (unpaired) electrons. The summed E-state index contributed by atoms with van der Waals surface area (Å²) in [6.07, 6.45) is 0.719. The number of amides is 1. The van der Waals surface area contributed by atoms with Crippen molar-refractivity contribution in [3.05, 3.63) is 59.9 Å². The van der Waals surface area contributed by atoms with Crippen LogP contribution >= 0.6 is 11.8 Å². The number of carbonyl (C=O) groups excluding carboxylic acids is 1. The molecule has 2 rings (SSSR count). The molecule has 0 spiro atoms. The summed E-state index contributed by atoms with van der Waals surface area (Å²) in [5, 5.41) is 2.88. The molecule has 0 bridgehead atoms. The smallest absolute Gasteiger partial charge is 0.230 e.